The van der Waals surface area contributed by atoms with Crippen molar-refractivity contribution in [3.05, 3.63) is 15.8 Å². The number of sulfonamides is 1. The van der Waals surface area contributed by atoms with E-state index in [1.165, 1.54) is 15.6 Å². The van der Waals surface area contributed by atoms with Crippen molar-refractivity contribution in [1.82, 2.24) is 9.62 Å². The van der Waals surface area contributed by atoms with E-state index in [0.29, 0.717) is 18.0 Å². The van der Waals surface area contributed by atoms with Crippen LogP contribution in [0.15, 0.2) is 11.0 Å². The van der Waals surface area contributed by atoms with E-state index >= 15 is 0 Å². The molecule has 0 fully saturated rings. The lowest BCUT2D eigenvalue weighted by atomic mass is 10.4. The first kappa shape index (κ1) is 18.2. The van der Waals surface area contributed by atoms with Crippen molar-refractivity contribution in [2.45, 2.75) is 45.1 Å². The Labute approximate surface area is 132 Å². The number of rotatable bonds is 9. The Bertz CT molecular complexity index is 585. The van der Waals surface area contributed by atoms with Gasteiger partial charge in [-0.2, -0.15) is 4.31 Å². The van der Waals surface area contributed by atoms with E-state index < -0.39 is 10.0 Å². The van der Waals surface area contributed by atoms with Gasteiger partial charge in [0.2, 0.25) is 10.0 Å². The van der Waals surface area contributed by atoms with Crippen molar-refractivity contribution in [2.75, 3.05) is 19.6 Å². The standard InChI is InChI=1S/C15H24N2O2S2/c1-5-8-16-12-14-11-15(13(4)20-14)21(18,19)17(9-6-2)10-7-3/h2,11,16H,5,7-10,12H2,1,3-4H3. The molecule has 0 radical (unpaired) electrons. The van der Waals surface area contributed by atoms with Gasteiger partial charge in [0, 0.05) is 22.8 Å². The number of nitrogens with zero attached hydrogens (tertiary/aromatic N) is 1. The molecule has 0 bridgehead atoms. The van der Waals surface area contributed by atoms with Crippen LogP contribution in [-0.2, 0) is 16.6 Å². The summed E-state index contributed by atoms with van der Waals surface area (Å²) in [6.07, 6.45) is 7.10. The molecule has 0 aliphatic carbocycles. The summed E-state index contributed by atoms with van der Waals surface area (Å²) in [5.74, 6) is 2.43. The Kier molecular flexibility index (Phi) is 7.40. The van der Waals surface area contributed by atoms with Crippen molar-refractivity contribution in [1.29, 1.82) is 0 Å². The van der Waals surface area contributed by atoms with E-state index in [-0.39, 0.29) is 6.54 Å². The van der Waals surface area contributed by atoms with Gasteiger partial charge in [0.05, 0.1) is 11.4 Å². The van der Waals surface area contributed by atoms with Crippen LogP contribution in [-0.4, -0.2) is 32.4 Å². The summed E-state index contributed by atoms with van der Waals surface area (Å²) in [6, 6.07) is 1.77. The van der Waals surface area contributed by atoms with Gasteiger partial charge < -0.3 is 5.32 Å². The van der Waals surface area contributed by atoms with Crippen LogP contribution in [0.4, 0.5) is 0 Å². The second-order valence-electron chi connectivity index (χ2n) is 4.85. The highest BCUT2D eigenvalue weighted by Crippen LogP contribution is 2.28. The highest BCUT2D eigenvalue weighted by molar-refractivity contribution is 7.89. The quantitative estimate of drug-likeness (QED) is 0.560. The van der Waals surface area contributed by atoms with E-state index in [4.69, 9.17) is 6.42 Å². The molecule has 0 saturated carbocycles. The lowest BCUT2D eigenvalue weighted by Crippen LogP contribution is -2.32. The molecule has 118 valence electrons. The predicted octanol–water partition coefficient (Wildman–Crippen LogP) is 2.59. The largest absolute Gasteiger partial charge is 0.312 e. The highest BCUT2D eigenvalue weighted by Gasteiger charge is 2.26. The third-order valence-electron chi connectivity index (χ3n) is 3.01. The monoisotopic (exact) mass is 328 g/mol. The fourth-order valence-corrected chi connectivity index (χ4v) is 5.05. The topological polar surface area (TPSA) is 49.4 Å². The maximum absolute atomic E-state index is 12.7. The number of aryl methyl sites for hydroxylation is 1. The molecule has 1 heterocycles. The van der Waals surface area contributed by atoms with Crippen LogP contribution < -0.4 is 5.32 Å². The van der Waals surface area contributed by atoms with Crippen molar-refractivity contribution >= 4 is 21.4 Å². The van der Waals surface area contributed by atoms with Crippen LogP contribution in [0.2, 0.25) is 0 Å². The molecule has 0 spiro atoms. The summed E-state index contributed by atoms with van der Waals surface area (Å²) >= 11 is 1.53. The molecule has 1 rings (SSSR count). The van der Waals surface area contributed by atoms with Gasteiger partial charge in [-0.1, -0.05) is 19.8 Å². The fourth-order valence-electron chi connectivity index (χ4n) is 2.03. The van der Waals surface area contributed by atoms with Crippen molar-refractivity contribution in [2.24, 2.45) is 0 Å². The minimum atomic E-state index is -3.49. The molecular formula is C15H24N2O2S2. The SMILES string of the molecule is C#CCN(CCC)S(=O)(=O)c1cc(CNCCC)sc1C. The minimum absolute atomic E-state index is 0.120. The predicted molar refractivity (Wildman–Crippen MR) is 88.9 cm³/mol. The zero-order chi connectivity index (χ0) is 15.9. The summed E-state index contributed by atoms with van der Waals surface area (Å²) in [5.41, 5.74) is 0. The summed E-state index contributed by atoms with van der Waals surface area (Å²) in [7, 11) is -3.49. The van der Waals surface area contributed by atoms with Gasteiger partial charge in [-0.3, -0.25) is 0 Å². The number of hydrogen-bond donors (Lipinski definition) is 1. The molecule has 6 heteroatoms. The zero-order valence-corrected chi connectivity index (χ0v) is 14.6. The molecule has 0 atom stereocenters. The van der Waals surface area contributed by atoms with Crippen LogP contribution in [0.3, 0.4) is 0 Å². The molecule has 0 saturated heterocycles. The summed E-state index contributed by atoms with van der Waals surface area (Å²) < 4.78 is 26.8. The maximum atomic E-state index is 12.7. The van der Waals surface area contributed by atoms with Crippen molar-refractivity contribution in [3.8, 4) is 12.3 Å². The second kappa shape index (κ2) is 8.54. The van der Waals surface area contributed by atoms with Gasteiger partial charge in [-0.05, 0) is 32.4 Å². The van der Waals surface area contributed by atoms with Crippen LogP contribution >= 0.6 is 11.3 Å². The minimum Gasteiger partial charge on any atom is -0.312 e. The lowest BCUT2D eigenvalue weighted by Gasteiger charge is -2.18. The molecule has 1 aromatic heterocycles. The third kappa shape index (κ3) is 4.82. The second-order valence-corrected chi connectivity index (χ2v) is 8.10. The molecule has 0 aliphatic heterocycles. The smallest absolute Gasteiger partial charge is 0.245 e. The summed E-state index contributed by atoms with van der Waals surface area (Å²) in [5, 5.41) is 3.29. The molecule has 4 nitrogen and oxygen atoms in total. The molecule has 1 aromatic rings. The number of hydrogen-bond acceptors (Lipinski definition) is 4. The first-order valence-electron chi connectivity index (χ1n) is 7.21. The van der Waals surface area contributed by atoms with Crippen molar-refractivity contribution < 1.29 is 8.42 Å². The summed E-state index contributed by atoms with van der Waals surface area (Å²) in [6.45, 7) is 8.10. The van der Waals surface area contributed by atoms with Crippen LogP contribution in [0.1, 0.15) is 36.4 Å². The average Bonchev–Trinajstić information content (AvgIpc) is 2.81. The Balaban J connectivity index is 2.99. The molecule has 0 unspecified atom stereocenters. The Hall–Kier alpha value is -0.870. The fraction of sp³-hybridized carbons (Fsp3) is 0.600. The highest BCUT2D eigenvalue weighted by atomic mass is 32.2. The van der Waals surface area contributed by atoms with Gasteiger partial charge in [-0.25, -0.2) is 8.42 Å². The van der Waals surface area contributed by atoms with E-state index in [2.05, 4.69) is 18.2 Å². The van der Waals surface area contributed by atoms with Gasteiger partial charge in [0.15, 0.2) is 0 Å². The van der Waals surface area contributed by atoms with Gasteiger partial charge >= 0.3 is 0 Å². The van der Waals surface area contributed by atoms with E-state index in [1.807, 2.05) is 13.8 Å². The number of terminal acetylenes is 1. The third-order valence-corrected chi connectivity index (χ3v) is 6.16. The molecule has 0 aliphatic rings. The van der Waals surface area contributed by atoms with Crippen molar-refractivity contribution in [3.63, 3.8) is 0 Å². The Morgan fingerprint density at radius 1 is 1.38 bits per heavy atom. The molecule has 0 aromatic carbocycles. The molecule has 21 heavy (non-hydrogen) atoms. The maximum Gasteiger partial charge on any atom is 0.245 e. The number of nitrogens with one attached hydrogen (secondary N) is 1. The Morgan fingerprint density at radius 2 is 2.10 bits per heavy atom. The molecular weight excluding hydrogens is 304 g/mol. The molecule has 0 amide bonds. The van der Waals surface area contributed by atoms with Crippen LogP contribution in [0.5, 0.6) is 0 Å². The van der Waals surface area contributed by atoms with Crippen LogP contribution in [0.25, 0.3) is 0 Å². The zero-order valence-electron chi connectivity index (χ0n) is 13.0. The van der Waals surface area contributed by atoms with E-state index in [0.717, 1.165) is 29.1 Å². The Morgan fingerprint density at radius 3 is 2.67 bits per heavy atom. The first-order valence-corrected chi connectivity index (χ1v) is 9.46. The van der Waals surface area contributed by atoms with Gasteiger partial charge in [0.1, 0.15) is 0 Å². The molecule has 1 N–H and O–H groups in total. The van der Waals surface area contributed by atoms with Gasteiger partial charge in [-0.15, -0.1) is 17.8 Å². The lowest BCUT2D eigenvalue weighted by molar-refractivity contribution is 0.445. The first-order chi connectivity index (χ1) is 9.97. The van der Waals surface area contributed by atoms with E-state index in [1.54, 1.807) is 6.07 Å². The average molecular weight is 329 g/mol. The number of thiophene rings is 1. The van der Waals surface area contributed by atoms with Gasteiger partial charge in [0.25, 0.3) is 0 Å². The van der Waals surface area contributed by atoms with Crippen LogP contribution in [0, 0.1) is 19.3 Å². The normalized spacial score (nSPS) is 11.8. The summed E-state index contributed by atoms with van der Waals surface area (Å²) in [4.78, 5) is 2.25. The van der Waals surface area contributed by atoms with E-state index in [9.17, 15) is 8.42 Å².